The van der Waals surface area contributed by atoms with E-state index in [2.05, 4.69) is 11.1 Å². The molecule has 8 nitrogen and oxygen atoms in total. The Bertz CT molecular complexity index is 649. The van der Waals surface area contributed by atoms with Gasteiger partial charge in [-0.25, -0.2) is 0 Å². The number of hydrogen-bond acceptors (Lipinski definition) is 6. The molecule has 0 saturated heterocycles. The molecule has 0 radical (unpaired) electrons. The first-order valence-corrected chi connectivity index (χ1v) is 9.21. The van der Waals surface area contributed by atoms with E-state index >= 15 is 0 Å². The van der Waals surface area contributed by atoms with Crippen LogP contribution in [0.25, 0.3) is 0 Å². The Labute approximate surface area is 166 Å². The first kappa shape index (κ1) is 25.4. The summed E-state index contributed by atoms with van der Waals surface area (Å²) in [5, 5.41) is 11.3. The monoisotopic (exact) mass is 393 g/mol. The average molecular weight is 393 g/mol. The molecule has 4 N–H and O–H groups in total. The van der Waals surface area contributed by atoms with Crippen LogP contribution >= 0.6 is 0 Å². The molecule has 3 amide bonds. The Hall–Kier alpha value is -2.58. The molecule has 1 aromatic carbocycles. The Morgan fingerprint density at radius 1 is 1.25 bits per heavy atom. The number of nitrogens with one attached hydrogen (secondary N) is 1. The van der Waals surface area contributed by atoms with Gasteiger partial charge >= 0.3 is 0 Å². The molecular weight excluding hydrogens is 362 g/mol. The van der Waals surface area contributed by atoms with Gasteiger partial charge in [0.15, 0.2) is 0 Å². The van der Waals surface area contributed by atoms with Crippen molar-refractivity contribution in [2.75, 3.05) is 20.7 Å². The van der Waals surface area contributed by atoms with Crippen LogP contribution in [-0.4, -0.2) is 61.3 Å². The Kier molecular flexibility index (Phi) is 13.1. The molecule has 1 unspecified atom stereocenters. The molecule has 0 heterocycles. The molecule has 28 heavy (non-hydrogen) atoms. The predicted octanol–water partition coefficient (Wildman–Crippen LogP) is 0.577. The van der Waals surface area contributed by atoms with Gasteiger partial charge in [-0.1, -0.05) is 12.1 Å². The van der Waals surface area contributed by atoms with Crippen LogP contribution in [0.3, 0.4) is 0 Å². The van der Waals surface area contributed by atoms with Crippen LogP contribution in [0, 0.1) is 6.92 Å². The van der Waals surface area contributed by atoms with Gasteiger partial charge in [-0.15, -0.1) is 0 Å². The molecular formula is C20H31N3O5. The van der Waals surface area contributed by atoms with Crippen molar-refractivity contribution in [3.63, 3.8) is 0 Å². The summed E-state index contributed by atoms with van der Waals surface area (Å²) in [7, 11) is 2.91. The fourth-order valence-electron chi connectivity index (χ4n) is 2.75. The third-order valence-corrected chi connectivity index (χ3v) is 4.19. The second-order valence-corrected chi connectivity index (χ2v) is 6.02. The number of carbonyl (C=O) groups excluding carboxylic acids is 4. The van der Waals surface area contributed by atoms with Gasteiger partial charge in [-0.3, -0.25) is 19.3 Å². The predicted molar refractivity (Wildman–Crippen MR) is 107 cm³/mol. The average Bonchev–Trinajstić information content (AvgIpc) is 2.72. The zero-order chi connectivity index (χ0) is 21.5. The number of unbranched alkanes of at least 4 members (excludes halogenated alkanes) is 1. The Morgan fingerprint density at radius 3 is 2.43 bits per heavy atom. The van der Waals surface area contributed by atoms with E-state index < -0.39 is 17.9 Å². The first-order valence-electron chi connectivity index (χ1n) is 9.21. The van der Waals surface area contributed by atoms with Crippen LogP contribution in [0.4, 0.5) is 0 Å². The smallest absolute Gasteiger partial charge is 0.261 e. The molecule has 0 spiro atoms. The lowest BCUT2D eigenvalue weighted by molar-refractivity contribution is -0.131. The van der Waals surface area contributed by atoms with Gasteiger partial charge in [0.2, 0.25) is 12.3 Å². The number of imide groups is 1. The van der Waals surface area contributed by atoms with Gasteiger partial charge in [-0.05, 0) is 56.8 Å². The molecule has 0 bridgehead atoms. The standard InChI is InChI=1S/C19H26N2O5.CH5N/c1-14-12-15(6-3-4-10-22)8-9-16(14)19(26)21(13-24)17(7-5-11-23)18(25)20-2;1-2/h8-9,11-13,17,22H,3-7,10H2,1-2H3,(H,20,25);2H2,1H3. The Morgan fingerprint density at radius 2 is 1.93 bits per heavy atom. The number of nitrogens with zero attached hydrogens (tertiary/aromatic N) is 1. The second-order valence-electron chi connectivity index (χ2n) is 6.02. The van der Waals surface area contributed by atoms with Crippen molar-refractivity contribution < 1.29 is 24.3 Å². The van der Waals surface area contributed by atoms with Gasteiger partial charge in [0.25, 0.3) is 5.91 Å². The van der Waals surface area contributed by atoms with Crippen molar-refractivity contribution in [2.45, 2.75) is 45.1 Å². The fraction of sp³-hybridized carbons (Fsp3) is 0.500. The molecule has 0 fully saturated rings. The van der Waals surface area contributed by atoms with E-state index in [4.69, 9.17) is 5.11 Å². The topological polar surface area (TPSA) is 130 Å². The number of aliphatic hydroxyl groups excluding tert-OH is 1. The van der Waals surface area contributed by atoms with Crippen molar-refractivity contribution in [1.29, 1.82) is 0 Å². The number of hydrogen-bond donors (Lipinski definition) is 3. The van der Waals surface area contributed by atoms with Gasteiger partial charge < -0.3 is 21.0 Å². The van der Waals surface area contributed by atoms with Crippen LogP contribution in [0.2, 0.25) is 0 Å². The number of rotatable bonds is 11. The van der Waals surface area contributed by atoms with Crippen LogP contribution in [0.5, 0.6) is 0 Å². The maximum atomic E-state index is 12.8. The lowest BCUT2D eigenvalue weighted by Crippen LogP contribution is -2.48. The summed E-state index contributed by atoms with van der Waals surface area (Å²) >= 11 is 0. The summed E-state index contributed by atoms with van der Waals surface area (Å²) in [6.45, 7) is 1.91. The normalized spacial score (nSPS) is 10.9. The largest absolute Gasteiger partial charge is 0.396 e. The third kappa shape index (κ3) is 7.58. The number of aldehydes is 1. The zero-order valence-corrected chi connectivity index (χ0v) is 16.8. The molecule has 156 valence electrons. The summed E-state index contributed by atoms with van der Waals surface area (Å²) in [4.78, 5) is 47.8. The highest BCUT2D eigenvalue weighted by molar-refractivity contribution is 6.04. The van der Waals surface area contributed by atoms with E-state index in [0.29, 0.717) is 30.2 Å². The summed E-state index contributed by atoms with van der Waals surface area (Å²) < 4.78 is 0. The van der Waals surface area contributed by atoms with Crippen LogP contribution in [-0.2, 0) is 20.8 Å². The van der Waals surface area contributed by atoms with E-state index in [0.717, 1.165) is 23.3 Å². The van der Waals surface area contributed by atoms with Crippen LogP contribution < -0.4 is 11.1 Å². The van der Waals surface area contributed by atoms with E-state index in [9.17, 15) is 19.2 Å². The minimum absolute atomic E-state index is 0.0679. The van der Waals surface area contributed by atoms with E-state index in [1.165, 1.54) is 14.1 Å². The summed E-state index contributed by atoms with van der Waals surface area (Å²) in [5.74, 6) is -1.07. The minimum atomic E-state index is -1.03. The molecule has 0 aliphatic carbocycles. The lowest BCUT2D eigenvalue weighted by Gasteiger charge is -2.25. The molecule has 0 saturated carbocycles. The number of nitrogens with two attached hydrogens (primary N) is 1. The van der Waals surface area contributed by atoms with Gasteiger partial charge in [-0.2, -0.15) is 0 Å². The highest BCUT2D eigenvalue weighted by Crippen LogP contribution is 2.17. The molecule has 1 atom stereocenters. The van der Waals surface area contributed by atoms with Crippen molar-refractivity contribution in [1.82, 2.24) is 10.2 Å². The summed E-state index contributed by atoms with van der Waals surface area (Å²) in [6, 6.07) is 4.29. The van der Waals surface area contributed by atoms with Gasteiger partial charge in [0.05, 0.1) is 0 Å². The Balaban J connectivity index is 0.00000352. The summed E-state index contributed by atoms with van der Waals surface area (Å²) in [6.07, 6.45) is 3.46. The van der Waals surface area contributed by atoms with E-state index in [-0.39, 0.29) is 19.4 Å². The molecule has 1 aromatic rings. The number of aryl methyl sites for hydroxylation is 2. The highest BCUT2D eigenvalue weighted by Gasteiger charge is 2.30. The second kappa shape index (κ2) is 14.5. The quantitative estimate of drug-likeness (QED) is 0.372. The number of amides is 3. The van der Waals surface area contributed by atoms with Gasteiger partial charge in [0, 0.05) is 25.6 Å². The maximum Gasteiger partial charge on any atom is 0.261 e. The van der Waals surface area contributed by atoms with E-state index in [1.54, 1.807) is 19.1 Å². The maximum absolute atomic E-state index is 12.8. The minimum Gasteiger partial charge on any atom is -0.396 e. The van der Waals surface area contributed by atoms with Gasteiger partial charge in [0.1, 0.15) is 12.3 Å². The van der Waals surface area contributed by atoms with Crippen molar-refractivity contribution in [2.24, 2.45) is 5.73 Å². The molecule has 1 rings (SSSR count). The van der Waals surface area contributed by atoms with Crippen LogP contribution in [0.1, 0.15) is 47.2 Å². The van der Waals surface area contributed by atoms with E-state index in [1.807, 2.05) is 6.07 Å². The molecule has 0 aliphatic rings. The molecule has 0 aliphatic heterocycles. The van der Waals surface area contributed by atoms with Crippen LogP contribution in [0.15, 0.2) is 18.2 Å². The first-order chi connectivity index (χ1) is 13.5. The highest BCUT2D eigenvalue weighted by atomic mass is 16.3. The van der Waals surface area contributed by atoms with Crippen molar-refractivity contribution >= 4 is 24.5 Å². The molecule has 0 aromatic heterocycles. The third-order valence-electron chi connectivity index (χ3n) is 4.19. The SMILES string of the molecule is CN.CNC(=O)C(CCC=O)N(C=O)C(=O)c1ccc(CCCCO)cc1C. The number of carbonyl (C=O) groups is 4. The van der Waals surface area contributed by atoms with Crippen molar-refractivity contribution in [3.05, 3.63) is 34.9 Å². The lowest BCUT2D eigenvalue weighted by atomic mass is 10.00. The number of benzene rings is 1. The number of aliphatic hydroxyl groups is 1. The summed E-state index contributed by atoms with van der Waals surface area (Å²) in [5.41, 5.74) is 6.58. The zero-order valence-electron chi connectivity index (χ0n) is 16.8. The molecule has 8 heteroatoms. The number of likely N-dealkylation sites (N-methyl/N-ethyl adjacent to an activating group) is 1. The van der Waals surface area contributed by atoms with Crippen molar-refractivity contribution in [3.8, 4) is 0 Å². The fourth-order valence-corrected chi connectivity index (χ4v) is 2.75.